The summed E-state index contributed by atoms with van der Waals surface area (Å²) in [7, 11) is 0. The van der Waals surface area contributed by atoms with Crippen LogP contribution in [0.1, 0.15) is 16.8 Å². The van der Waals surface area contributed by atoms with Crippen LogP contribution in [-0.4, -0.2) is 9.97 Å². The first-order chi connectivity index (χ1) is 11.3. The Morgan fingerprint density at radius 1 is 0.957 bits per heavy atom. The lowest BCUT2D eigenvalue weighted by Gasteiger charge is -2.06. The molecule has 3 aromatic rings. The summed E-state index contributed by atoms with van der Waals surface area (Å²) in [5.74, 6) is 0.704. The third-order valence-electron chi connectivity index (χ3n) is 3.19. The molecule has 0 aliphatic heterocycles. The number of rotatable bonds is 4. The Hall–Kier alpha value is -3.45. The van der Waals surface area contributed by atoms with Crippen molar-refractivity contribution < 1.29 is 0 Å². The highest BCUT2D eigenvalue weighted by Crippen LogP contribution is 2.17. The molecule has 110 valence electrons. The van der Waals surface area contributed by atoms with E-state index in [-0.39, 0.29) is 0 Å². The second-order valence-electron chi connectivity index (χ2n) is 4.88. The van der Waals surface area contributed by atoms with Gasteiger partial charge in [-0.15, -0.1) is 0 Å². The molecule has 23 heavy (non-hydrogen) atoms. The minimum atomic E-state index is 0.544. The maximum Gasteiger partial charge on any atom is 0.130 e. The van der Waals surface area contributed by atoms with Crippen molar-refractivity contribution in [2.45, 2.75) is 0 Å². The van der Waals surface area contributed by atoms with Crippen molar-refractivity contribution in [2.75, 3.05) is 5.32 Å². The maximum absolute atomic E-state index is 8.78. The van der Waals surface area contributed by atoms with Gasteiger partial charge in [-0.25, -0.2) is 4.98 Å². The molecule has 0 saturated carbocycles. The molecule has 0 saturated heterocycles. The molecule has 0 atom stereocenters. The van der Waals surface area contributed by atoms with Gasteiger partial charge in [0.15, 0.2) is 0 Å². The Morgan fingerprint density at radius 3 is 2.65 bits per heavy atom. The van der Waals surface area contributed by atoms with Gasteiger partial charge in [-0.2, -0.15) is 5.26 Å². The van der Waals surface area contributed by atoms with Crippen LogP contribution in [0.2, 0.25) is 0 Å². The monoisotopic (exact) mass is 298 g/mol. The third-order valence-corrected chi connectivity index (χ3v) is 3.19. The van der Waals surface area contributed by atoms with Gasteiger partial charge in [0.05, 0.1) is 11.3 Å². The standard InChI is InChI=1S/C19H14N4/c20-13-16-8-10-19(22-14-16)23-18-6-3-4-15(12-18)7-9-17-5-1-2-11-21-17/h1-12,14H,(H,22,23)/b9-7+. The molecule has 1 aromatic carbocycles. The lowest BCUT2D eigenvalue weighted by Crippen LogP contribution is -1.93. The van der Waals surface area contributed by atoms with Gasteiger partial charge in [0, 0.05) is 18.1 Å². The van der Waals surface area contributed by atoms with Crippen LogP contribution in [0.25, 0.3) is 12.2 Å². The SMILES string of the molecule is N#Cc1ccc(Nc2cccc(/C=C/c3ccccn3)c2)nc1. The van der Waals surface area contributed by atoms with Gasteiger partial charge >= 0.3 is 0 Å². The molecule has 0 unspecified atom stereocenters. The first kappa shape index (κ1) is 14.5. The van der Waals surface area contributed by atoms with Crippen molar-refractivity contribution in [3.8, 4) is 6.07 Å². The molecule has 2 heterocycles. The van der Waals surface area contributed by atoms with Crippen LogP contribution in [0.15, 0.2) is 67.0 Å². The second-order valence-corrected chi connectivity index (χ2v) is 4.88. The van der Waals surface area contributed by atoms with E-state index in [4.69, 9.17) is 5.26 Å². The molecule has 0 bridgehead atoms. The lowest BCUT2D eigenvalue weighted by atomic mass is 10.1. The van der Waals surface area contributed by atoms with E-state index in [2.05, 4.69) is 21.4 Å². The average molecular weight is 298 g/mol. The van der Waals surface area contributed by atoms with Crippen LogP contribution in [0.5, 0.6) is 0 Å². The second kappa shape index (κ2) is 7.01. The van der Waals surface area contributed by atoms with Gasteiger partial charge < -0.3 is 5.32 Å². The molecule has 4 nitrogen and oxygen atoms in total. The largest absolute Gasteiger partial charge is 0.340 e. The number of nitrogens with one attached hydrogen (secondary N) is 1. The molecule has 0 aliphatic carbocycles. The number of hydrogen-bond acceptors (Lipinski definition) is 4. The van der Waals surface area contributed by atoms with Crippen molar-refractivity contribution >= 4 is 23.7 Å². The Bertz CT molecular complexity index is 847. The minimum Gasteiger partial charge on any atom is -0.340 e. The Morgan fingerprint density at radius 2 is 1.91 bits per heavy atom. The Kier molecular flexibility index (Phi) is 4.41. The van der Waals surface area contributed by atoms with Gasteiger partial charge in [0.1, 0.15) is 11.9 Å². The normalized spacial score (nSPS) is 10.4. The number of aromatic nitrogens is 2. The average Bonchev–Trinajstić information content (AvgIpc) is 2.62. The molecule has 0 amide bonds. The summed E-state index contributed by atoms with van der Waals surface area (Å²) in [4.78, 5) is 8.47. The first-order valence-electron chi connectivity index (χ1n) is 7.16. The molecule has 0 radical (unpaired) electrons. The fourth-order valence-corrected chi connectivity index (χ4v) is 2.06. The molecular formula is C19H14N4. The van der Waals surface area contributed by atoms with Crippen LogP contribution in [0.3, 0.4) is 0 Å². The third kappa shape index (κ3) is 4.02. The van der Waals surface area contributed by atoms with Gasteiger partial charge in [0.25, 0.3) is 0 Å². The van der Waals surface area contributed by atoms with E-state index in [1.165, 1.54) is 0 Å². The summed E-state index contributed by atoms with van der Waals surface area (Å²) < 4.78 is 0. The molecule has 2 aromatic heterocycles. The van der Waals surface area contributed by atoms with Crippen LogP contribution in [-0.2, 0) is 0 Å². The van der Waals surface area contributed by atoms with E-state index in [1.807, 2.05) is 54.6 Å². The number of pyridine rings is 2. The fourth-order valence-electron chi connectivity index (χ4n) is 2.06. The molecule has 0 aliphatic rings. The van der Waals surface area contributed by atoms with Crippen LogP contribution in [0.4, 0.5) is 11.5 Å². The first-order valence-corrected chi connectivity index (χ1v) is 7.16. The zero-order valence-electron chi connectivity index (χ0n) is 12.3. The predicted molar refractivity (Wildman–Crippen MR) is 91.8 cm³/mol. The number of nitrogens with zero attached hydrogens (tertiary/aromatic N) is 3. The molecule has 0 spiro atoms. The Labute approximate surface area is 134 Å². The van der Waals surface area contributed by atoms with Gasteiger partial charge in [0.2, 0.25) is 0 Å². The van der Waals surface area contributed by atoms with E-state index in [0.717, 1.165) is 16.9 Å². The summed E-state index contributed by atoms with van der Waals surface area (Å²) in [5.41, 5.74) is 3.46. The lowest BCUT2D eigenvalue weighted by molar-refractivity contribution is 1.29. The summed E-state index contributed by atoms with van der Waals surface area (Å²) in [5, 5.41) is 12.0. The topological polar surface area (TPSA) is 61.6 Å². The van der Waals surface area contributed by atoms with Gasteiger partial charge in [-0.1, -0.05) is 24.3 Å². The fraction of sp³-hybridized carbons (Fsp3) is 0. The molecule has 3 rings (SSSR count). The van der Waals surface area contributed by atoms with Crippen LogP contribution >= 0.6 is 0 Å². The quantitative estimate of drug-likeness (QED) is 0.781. The van der Waals surface area contributed by atoms with Crippen LogP contribution < -0.4 is 5.32 Å². The van der Waals surface area contributed by atoms with Crippen molar-refractivity contribution in [3.05, 3.63) is 83.8 Å². The summed E-state index contributed by atoms with van der Waals surface area (Å²) in [6.07, 6.45) is 7.31. The van der Waals surface area contributed by atoms with Crippen molar-refractivity contribution in [2.24, 2.45) is 0 Å². The van der Waals surface area contributed by atoms with Crippen molar-refractivity contribution in [3.63, 3.8) is 0 Å². The predicted octanol–water partition coefficient (Wildman–Crippen LogP) is 4.26. The highest BCUT2D eigenvalue weighted by Gasteiger charge is 1.98. The maximum atomic E-state index is 8.78. The van der Waals surface area contributed by atoms with Crippen molar-refractivity contribution in [1.82, 2.24) is 9.97 Å². The zero-order chi connectivity index (χ0) is 15.9. The number of hydrogen-bond donors (Lipinski definition) is 1. The molecule has 0 fully saturated rings. The zero-order valence-corrected chi connectivity index (χ0v) is 12.3. The number of benzene rings is 1. The van der Waals surface area contributed by atoms with E-state index in [1.54, 1.807) is 24.5 Å². The molecular weight excluding hydrogens is 284 g/mol. The van der Waals surface area contributed by atoms with E-state index in [9.17, 15) is 0 Å². The number of anilines is 2. The van der Waals surface area contributed by atoms with Crippen LogP contribution in [0, 0.1) is 11.3 Å². The highest BCUT2D eigenvalue weighted by atomic mass is 15.0. The summed E-state index contributed by atoms with van der Waals surface area (Å²) >= 11 is 0. The van der Waals surface area contributed by atoms with Gasteiger partial charge in [-0.05, 0) is 48.0 Å². The van der Waals surface area contributed by atoms with E-state index in [0.29, 0.717) is 11.4 Å². The van der Waals surface area contributed by atoms with Crippen molar-refractivity contribution in [1.29, 1.82) is 5.26 Å². The summed E-state index contributed by atoms with van der Waals surface area (Å²) in [6.45, 7) is 0. The highest BCUT2D eigenvalue weighted by molar-refractivity contribution is 5.71. The summed E-state index contributed by atoms with van der Waals surface area (Å²) in [6, 6.07) is 19.4. The minimum absolute atomic E-state index is 0.544. The molecule has 4 heteroatoms. The number of nitriles is 1. The molecule has 1 N–H and O–H groups in total. The smallest absolute Gasteiger partial charge is 0.130 e. The van der Waals surface area contributed by atoms with E-state index < -0.39 is 0 Å². The Balaban J connectivity index is 1.74. The van der Waals surface area contributed by atoms with Gasteiger partial charge in [-0.3, -0.25) is 4.98 Å². The van der Waals surface area contributed by atoms with E-state index >= 15 is 0 Å².